The predicted octanol–water partition coefficient (Wildman–Crippen LogP) is 3.16. The van der Waals surface area contributed by atoms with E-state index >= 15 is 0 Å². The van der Waals surface area contributed by atoms with Crippen LogP contribution < -0.4 is 5.73 Å². The maximum absolute atomic E-state index is 12.7. The Morgan fingerprint density at radius 1 is 1.41 bits per heavy atom. The highest BCUT2D eigenvalue weighted by Crippen LogP contribution is 2.42. The summed E-state index contributed by atoms with van der Waals surface area (Å²) in [6.45, 7) is 0.409. The van der Waals surface area contributed by atoms with E-state index in [9.17, 15) is 4.21 Å². The topological polar surface area (TPSA) is 95.9 Å². The zero-order valence-corrected chi connectivity index (χ0v) is 17.2. The second-order valence-electron chi connectivity index (χ2n) is 5.81. The number of rotatable bonds is 6. The van der Waals surface area contributed by atoms with Crippen LogP contribution in [-0.4, -0.2) is 43.2 Å². The van der Waals surface area contributed by atoms with Gasteiger partial charge in [-0.2, -0.15) is 0 Å². The molecule has 0 spiro atoms. The average Bonchev–Trinajstić information content (AvgIpc) is 3.39. The van der Waals surface area contributed by atoms with Gasteiger partial charge in [-0.15, -0.1) is 22.7 Å². The van der Waals surface area contributed by atoms with E-state index in [2.05, 4.69) is 9.97 Å². The molecule has 0 radical (unpaired) electrons. The number of imidazole rings is 1. The molecule has 0 amide bonds. The van der Waals surface area contributed by atoms with Gasteiger partial charge in [-0.05, 0) is 6.07 Å². The molecule has 10 heteroatoms. The molecule has 27 heavy (non-hydrogen) atoms. The highest BCUT2D eigenvalue weighted by atomic mass is 32.2. The summed E-state index contributed by atoms with van der Waals surface area (Å²) in [6, 6.07) is 1.98. The van der Waals surface area contributed by atoms with Crippen molar-refractivity contribution in [3.63, 3.8) is 0 Å². The summed E-state index contributed by atoms with van der Waals surface area (Å²) in [5.74, 6) is 0.397. The number of methoxy groups -OCH3 is 1. The number of nitrogens with zero attached hydrogens (tertiary/aromatic N) is 4. The monoisotopic (exact) mass is 419 g/mol. The third-order valence-corrected chi connectivity index (χ3v) is 7.76. The van der Waals surface area contributed by atoms with Gasteiger partial charge >= 0.3 is 0 Å². The highest BCUT2D eigenvalue weighted by Gasteiger charge is 2.22. The molecule has 0 aliphatic heterocycles. The van der Waals surface area contributed by atoms with Gasteiger partial charge in [0.2, 0.25) is 0 Å². The fourth-order valence-electron chi connectivity index (χ4n) is 2.80. The molecule has 0 fully saturated rings. The molecule has 7 nitrogen and oxygen atoms in total. The summed E-state index contributed by atoms with van der Waals surface area (Å²) in [4.78, 5) is 14.1. The standard InChI is InChI=1S/C17H17N5O2S3/c1-22-9-19-8-12(22)10-7-11(15-20-3-5-25-15)21-16-13(10)14(18)17(26-16)27(23)6-4-24-2/h3,5,7-9H,4,6,18H2,1-2H3. The third-order valence-electron chi connectivity index (χ3n) is 4.09. The lowest BCUT2D eigenvalue weighted by Crippen LogP contribution is -2.04. The molecule has 140 valence electrons. The molecule has 0 aliphatic rings. The molecule has 0 aliphatic carbocycles. The van der Waals surface area contributed by atoms with E-state index in [0.717, 1.165) is 32.2 Å². The maximum Gasteiger partial charge on any atom is 0.141 e. The van der Waals surface area contributed by atoms with Crippen LogP contribution in [-0.2, 0) is 22.6 Å². The Morgan fingerprint density at radius 2 is 2.26 bits per heavy atom. The third kappa shape index (κ3) is 3.29. The summed E-state index contributed by atoms with van der Waals surface area (Å²) in [7, 11) is 2.28. The van der Waals surface area contributed by atoms with Gasteiger partial charge in [0.05, 0.1) is 47.1 Å². The molecule has 0 saturated carbocycles. The summed E-state index contributed by atoms with van der Waals surface area (Å²) in [5, 5.41) is 3.55. The number of nitrogen functional groups attached to an aromatic ring is 1. The lowest BCUT2D eigenvalue weighted by molar-refractivity contribution is 0.218. The summed E-state index contributed by atoms with van der Waals surface area (Å²) < 4.78 is 20.3. The van der Waals surface area contributed by atoms with Crippen molar-refractivity contribution in [2.75, 3.05) is 25.2 Å². The van der Waals surface area contributed by atoms with E-state index in [-0.39, 0.29) is 0 Å². The van der Waals surface area contributed by atoms with E-state index in [4.69, 9.17) is 15.5 Å². The van der Waals surface area contributed by atoms with Gasteiger partial charge in [-0.1, -0.05) is 0 Å². The quantitative estimate of drug-likeness (QED) is 0.516. The minimum Gasteiger partial charge on any atom is -0.396 e. The normalized spacial score (nSPS) is 12.7. The molecule has 0 bridgehead atoms. The lowest BCUT2D eigenvalue weighted by Gasteiger charge is -2.08. The van der Waals surface area contributed by atoms with Crippen LogP contribution in [0.1, 0.15) is 0 Å². The second-order valence-corrected chi connectivity index (χ2v) is 9.47. The highest BCUT2D eigenvalue weighted by molar-refractivity contribution is 7.87. The van der Waals surface area contributed by atoms with Crippen molar-refractivity contribution < 1.29 is 8.95 Å². The number of hydrogen-bond acceptors (Lipinski definition) is 8. The van der Waals surface area contributed by atoms with Crippen LogP contribution in [0, 0.1) is 0 Å². The Kier molecular flexibility index (Phi) is 5.04. The smallest absolute Gasteiger partial charge is 0.141 e. The summed E-state index contributed by atoms with van der Waals surface area (Å²) >= 11 is 2.89. The van der Waals surface area contributed by atoms with E-state index in [1.807, 2.05) is 23.1 Å². The van der Waals surface area contributed by atoms with Crippen molar-refractivity contribution >= 4 is 49.4 Å². The van der Waals surface area contributed by atoms with Crippen molar-refractivity contribution in [3.05, 3.63) is 30.2 Å². The fraction of sp³-hybridized carbons (Fsp3) is 0.235. The van der Waals surface area contributed by atoms with Gasteiger partial charge in [-0.25, -0.2) is 15.0 Å². The first-order valence-corrected chi connectivity index (χ1v) is 11.1. The van der Waals surface area contributed by atoms with Crippen molar-refractivity contribution in [2.24, 2.45) is 7.05 Å². The zero-order valence-electron chi connectivity index (χ0n) is 14.7. The average molecular weight is 420 g/mol. The number of nitrogens with two attached hydrogens (primary N) is 1. The molecule has 2 N–H and O–H groups in total. The van der Waals surface area contributed by atoms with Gasteiger partial charge < -0.3 is 15.0 Å². The number of thiazole rings is 1. The van der Waals surface area contributed by atoms with Crippen LogP contribution in [0.4, 0.5) is 5.69 Å². The largest absolute Gasteiger partial charge is 0.396 e. The van der Waals surface area contributed by atoms with Crippen LogP contribution in [0.3, 0.4) is 0 Å². The van der Waals surface area contributed by atoms with Crippen molar-refractivity contribution in [1.29, 1.82) is 0 Å². The molecule has 4 rings (SSSR count). The molecule has 0 aromatic carbocycles. The Hall–Kier alpha value is -2.14. The number of fused-ring (bicyclic) bond motifs is 1. The van der Waals surface area contributed by atoms with Crippen LogP contribution >= 0.6 is 22.7 Å². The van der Waals surface area contributed by atoms with Gasteiger partial charge in [0.15, 0.2) is 0 Å². The first-order chi connectivity index (χ1) is 13.1. The second kappa shape index (κ2) is 7.47. The molecule has 1 unspecified atom stereocenters. The molecular weight excluding hydrogens is 402 g/mol. The van der Waals surface area contributed by atoms with E-state index in [1.54, 1.807) is 25.8 Å². The van der Waals surface area contributed by atoms with E-state index in [0.29, 0.717) is 22.3 Å². The molecule has 4 aromatic heterocycles. The van der Waals surface area contributed by atoms with Crippen LogP contribution in [0.25, 0.3) is 32.2 Å². The number of pyridine rings is 1. The van der Waals surface area contributed by atoms with Crippen LogP contribution in [0.5, 0.6) is 0 Å². The minimum absolute atomic E-state index is 0.397. The predicted molar refractivity (Wildman–Crippen MR) is 110 cm³/mol. The molecular formula is C17H17N5O2S3. The SMILES string of the molecule is COCCS(=O)c1sc2nc(-c3nccs3)cc(-c3cncn3C)c2c1N. The van der Waals surface area contributed by atoms with Gasteiger partial charge in [-0.3, -0.25) is 4.21 Å². The van der Waals surface area contributed by atoms with Gasteiger partial charge in [0, 0.05) is 36.7 Å². The zero-order chi connectivity index (χ0) is 19.0. The number of hydrogen-bond donors (Lipinski definition) is 1. The van der Waals surface area contributed by atoms with Crippen molar-refractivity contribution in [1.82, 2.24) is 19.5 Å². The van der Waals surface area contributed by atoms with Crippen LogP contribution in [0.2, 0.25) is 0 Å². The van der Waals surface area contributed by atoms with Gasteiger partial charge in [0.25, 0.3) is 0 Å². The molecule has 1 atom stereocenters. The van der Waals surface area contributed by atoms with Gasteiger partial charge in [0.1, 0.15) is 19.7 Å². The Bertz CT molecular complexity index is 1120. The first kappa shape index (κ1) is 18.2. The van der Waals surface area contributed by atoms with Crippen molar-refractivity contribution in [3.8, 4) is 22.0 Å². The Morgan fingerprint density at radius 3 is 2.93 bits per heavy atom. The maximum atomic E-state index is 12.7. The number of ether oxygens (including phenoxy) is 1. The lowest BCUT2D eigenvalue weighted by atomic mass is 10.1. The fourth-order valence-corrected chi connectivity index (χ4v) is 5.96. The van der Waals surface area contributed by atoms with Crippen molar-refractivity contribution in [2.45, 2.75) is 4.21 Å². The van der Waals surface area contributed by atoms with Crippen LogP contribution in [0.15, 0.2) is 34.4 Å². The number of aryl methyl sites for hydroxylation is 1. The number of anilines is 1. The summed E-state index contributed by atoms with van der Waals surface area (Å²) in [6.07, 6.45) is 5.29. The molecule has 4 heterocycles. The Labute approximate surface area is 166 Å². The number of aromatic nitrogens is 4. The molecule has 0 saturated heterocycles. The molecule has 4 aromatic rings. The van der Waals surface area contributed by atoms with E-state index < -0.39 is 10.8 Å². The van der Waals surface area contributed by atoms with E-state index in [1.165, 1.54) is 22.7 Å². The minimum atomic E-state index is -1.24. The Balaban J connectivity index is 1.96. The first-order valence-electron chi connectivity index (χ1n) is 8.07. The summed E-state index contributed by atoms with van der Waals surface area (Å²) in [5.41, 5.74) is 9.54. The number of thiophene rings is 1.